The second-order valence-electron chi connectivity index (χ2n) is 4.87. The molecular weight excluding hydrogens is 275 g/mol. The van der Waals surface area contributed by atoms with Gasteiger partial charge in [-0.3, -0.25) is 4.90 Å². The van der Waals surface area contributed by atoms with E-state index >= 15 is 0 Å². The quantitative estimate of drug-likeness (QED) is 0.848. The SMILES string of the molecule is CC[C@H](C)[C@H](NC(=O)N(CC)c1ccc(F)cc1)C(=O)O. The van der Waals surface area contributed by atoms with Crippen molar-refractivity contribution in [2.24, 2.45) is 5.92 Å². The number of amides is 2. The monoisotopic (exact) mass is 296 g/mol. The summed E-state index contributed by atoms with van der Waals surface area (Å²) < 4.78 is 12.9. The smallest absolute Gasteiger partial charge is 0.326 e. The first-order chi connectivity index (χ1) is 9.90. The molecule has 0 bridgehead atoms. The summed E-state index contributed by atoms with van der Waals surface area (Å²) >= 11 is 0. The zero-order valence-corrected chi connectivity index (χ0v) is 12.5. The number of aliphatic carboxylic acids is 1. The van der Waals surface area contributed by atoms with Gasteiger partial charge < -0.3 is 10.4 Å². The van der Waals surface area contributed by atoms with E-state index in [1.54, 1.807) is 13.8 Å². The Morgan fingerprint density at radius 3 is 2.29 bits per heavy atom. The first-order valence-corrected chi connectivity index (χ1v) is 6.97. The van der Waals surface area contributed by atoms with Crippen molar-refractivity contribution in [1.29, 1.82) is 0 Å². The number of halogens is 1. The second-order valence-corrected chi connectivity index (χ2v) is 4.87. The highest BCUT2D eigenvalue weighted by Crippen LogP contribution is 2.16. The van der Waals surface area contributed by atoms with Gasteiger partial charge in [-0.1, -0.05) is 20.3 Å². The van der Waals surface area contributed by atoms with Gasteiger partial charge in [-0.15, -0.1) is 0 Å². The molecule has 0 aromatic heterocycles. The Morgan fingerprint density at radius 1 is 1.29 bits per heavy atom. The lowest BCUT2D eigenvalue weighted by Crippen LogP contribution is -2.50. The van der Waals surface area contributed by atoms with Gasteiger partial charge in [0.05, 0.1) is 0 Å². The van der Waals surface area contributed by atoms with Crippen LogP contribution in [0.4, 0.5) is 14.9 Å². The molecular formula is C15H21FN2O3. The van der Waals surface area contributed by atoms with Crippen molar-refractivity contribution in [2.75, 3.05) is 11.4 Å². The third kappa shape index (κ3) is 4.44. The predicted molar refractivity (Wildman–Crippen MR) is 78.8 cm³/mol. The van der Waals surface area contributed by atoms with E-state index in [2.05, 4.69) is 5.32 Å². The molecule has 0 radical (unpaired) electrons. The van der Waals surface area contributed by atoms with Crippen LogP contribution in [0.2, 0.25) is 0 Å². The highest BCUT2D eigenvalue weighted by Gasteiger charge is 2.27. The van der Waals surface area contributed by atoms with Crippen molar-refractivity contribution >= 4 is 17.7 Å². The molecule has 0 aliphatic heterocycles. The van der Waals surface area contributed by atoms with Crippen LogP contribution >= 0.6 is 0 Å². The number of hydrogen-bond acceptors (Lipinski definition) is 2. The fourth-order valence-electron chi connectivity index (χ4n) is 1.96. The summed E-state index contributed by atoms with van der Waals surface area (Å²) in [5.74, 6) is -1.63. The van der Waals surface area contributed by atoms with E-state index in [4.69, 9.17) is 0 Å². The molecule has 0 heterocycles. The minimum absolute atomic E-state index is 0.182. The van der Waals surface area contributed by atoms with Gasteiger partial charge in [0, 0.05) is 12.2 Å². The average Bonchev–Trinajstić information content (AvgIpc) is 2.46. The minimum Gasteiger partial charge on any atom is -0.480 e. The summed E-state index contributed by atoms with van der Waals surface area (Å²) in [4.78, 5) is 24.9. The highest BCUT2D eigenvalue weighted by atomic mass is 19.1. The molecule has 0 unspecified atom stereocenters. The molecule has 1 aromatic rings. The number of rotatable bonds is 6. The number of hydrogen-bond donors (Lipinski definition) is 2. The third-order valence-electron chi connectivity index (χ3n) is 3.46. The molecule has 2 atom stereocenters. The lowest BCUT2D eigenvalue weighted by atomic mass is 9.99. The van der Waals surface area contributed by atoms with E-state index in [9.17, 15) is 19.1 Å². The Hall–Kier alpha value is -2.11. The maximum absolute atomic E-state index is 12.9. The van der Waals surface area contributed by atoms with Gasteiger partial charge in [-0.25, -0.2) is 14.0 Å². The summed E-state index contributed by atoms with van der Waals surface area (Å²) in [7, 11) is 0. The maximum atomic E-state index is 12.9. The van der Waals surface area contributed by atoms with Crippen molar-refractivity contribution in [3.8, 4) is 0 Å². The highest BCUT2D eigenvalue weighted by molar-refractivity contribution is 5.94. The fourth-order valence-corrected chi connectivity index (χ4v) is 1.96. The normalized spacial score (nSPS) is 13.3. The molecule has 2 amide bonds. The third-order valence-corrected chi connectivity index (χ3v) is 3.46. The Labute approximate surface area is 123 Å². The van der Waals surface area contributed by atoms with E-state index in [0.717, 1.165) is 0 Å². The molecule has 6 heteroatoms. The average molecular weight is 296 g/mol. The van der Waals surface area contributed by atoms with Gasteiger partial charge in [0.15, 0.2) is 0 Å². The van der Waals surface area contributed by atoms with Gasteiger partial charge >= 0.3 is 12.0 Å². The lowest BCUT2D eigenvalue weighted by molar-refractivity contribution is -0.140. The van der Waals surface area contributed by atoms with Crippen LogP contribution in [0, 0.1) is 11.7 Å². The molecule has 1 aromatic carbocycles. The molecule has 21 heavy (non-hydrogen) atoms. The number of anilines is 1. The molecule has 0 saturated carbocycles. The molecule has 1 rings (SSSR count). The lowest BCUT2D eigenvalue weighted by Gasteiger charge is -2.26. The number of carbonyl (C=O) groups excluding carboxylic acids is 1. The van der Waals surface area contributed by atoms with E-state index in [0.29, 0.717) is 18.7 Å². The first kappa shape index (κ1) is 16.9. The topological polar surface area (TPSA) is 69.6 Å². The van der Waals surface area contributed by atoms with Gasteiger partial charge in [0.1, 0.15) is 11.9 Å². The van der Waals surface area contributed by atoms with Crippen molar-refractivity contribution in [3.05, 3.63) is 30.1 Å². The van der Waals surface area contributed by atoms with Crippen LogP contribution in [0.5, 0.6) is 0 Å². The predicted octanol–water partition coefficient (Wildman–Crippen LogP) is 2.86. The summed E-state index contributed by atoms with van der Waals surface area (Å²) in [5.41, 5.74) is 0.518. The molecule has 0 aliphatic rings. The van der Waals surface area contributed by atoms with Crippen LogP contribution in [0.15, 0.2) is 24.3 Å². The number of nitrogens with zero attached hydrogens (tertiary/aromatic N) is 1. The van der Waals surface area contributed by atoms with Crippen molar-refractivity contribution in [1.82, 2.24) is 5.32 Å². The number of urea groups is 1. The Kier molecular flexibility index (Phi) is 6.14. The van der Waals surface area contributed by atoms with Gasteiger partial charge in [-0.05, 0) is 37.1 Å². The molecule has 0 saturated heterocycles. The van der Waals surface area contributed by atoms with E-state index < -0.39 is 23.9 Å². The number of benzene rings is 1. The van der Waals surface area contributed by atoms with Crippen molar-refractivity contribution in [2.45, 2.75) is 33.2 Å². The van der Waals surface area contributed by atoms with E-state index in [1.165, 1.54) is 29.2 Å². The van der Waals surface area contributed by atoms with Crippen LogP contribution in [-0.4, -0.2) is 29.7 Å². The molecule has 0 aliphatic carbocycles. The summed E-state index contributed by atoms with van der Waals surface area (Å²) in [5, 5.41) is 11.7. The largest absolute Gasteiger partial charge is 0.480 e. The Morgan fingerprint density at radius 2 is 1.86 bits per heavy atom. The van der Waals surface area contributed by atoms with E-state index in [-0.39, 0.29) is 5.92 Å². The van der Waals surface area contributed by atoms with Crippen LogP contribution in [0.1, 0.15) is 27.2 Å². The number of carbonyl (C=O) groups is 2. The molecule has 5 nitrogen and oxygen atoms in total. The zero-order valence-electron chi connectivity index (χ0n) is 12.5. The molecule has 0 fully saturated rings. The summed E-state index contributed by atoms with van der Waals surface area (Å²) in [6, 6.07) is 4.03. The fraction of sp³-hybridized carbons (Fsp3) is 0.467. The number of carboxylic acid groups (broad SMARTS) is 1. The van der Waals surface area contributed by atoms with Crippen molar-refractivity contribution < 1.29 is 19.1 Å². The van der Waals surface area contributed by atoms with Crippen LogP contribution < -0.4 is 10.2 Å². The van der Waals surface area contributed by atoms with Crippen LogP contribution in [-0.2, 0) is 4.79 Å². The van der Waals surface area contributed by atoms with Crippen LogP contribution in [0.25, 0.3) is 0 Å². The van der Waals surface area contributed by atoms with Gasteiger partial charge in [0.2, 0.25) is 0 Å². The number of carboxylic acids is 1. The van der Waals surface area contributed by atoms with E-state index in [1.807, 2.05) is 6.92 Å². The van der Waals surface area contributed by atoms with Gasteiger partial charge in [-0.2, -0.15) is 0 Å². The maximum Gasteiger partial charge on any atom is 0.326 e. The zero-order chi connectivity index (χ0) is 16.0. The molecule has 116 valence electrons. The van der Waals surface area contributed by atoms with Gasteiger partial charge in [0.25, 0.3) is 0 Å². The molecule has 0 spiro atoms. The summed E-state index contributed by atoms with van der Waals surface area (Å²) in [6.45, 7) is 5.75. The second kappa shape index (κ2) is 7.61. The van der Waals surface area contributed by atoms with Crippen LogP contribution in [0.3, 0.4) is 0 Å². The molecule has 2 N–H and O–H groups in total. The minimum atomic E-state index is -1.06. The Balaban J connectivity index is 2.88. The number of nitrogens with one attached hydrogen (secondary N) is 1. The Bertz CT molecular complexity index is 490. The first-order valence-electron chi connectivity index (χ1n) is 6.97. The van der Waals surface area contributed by atoms with Crippen molar-refractivity contribution in [3.63, 3.8) is 0 Å². The summed E-state index contributed by atoms with van der Waals surface area (Å²) in [6.07, 6.45) is 0.639. The standard InChI is InChI=1S/C15H21FN2O3/c1-4-10(3)13(14(19)20)17-15(21)18(5-2)12-8-6-11(16)7-9-12/h6-10,13H,4-5H2,1-3H3,(H,17,21)(H,19,20)/t10-,13-/m0/s1.